The number of aromatic nitrogens is 2. The van der Waals surface area contributed by atoms with Gasteiger partial charge in [-0.25, -0.2) is 4.79 Å². The Morgan fingerprint density at radius 3 is 2.55 bits per heavy atom. The highest BCUT2D eigenvalue weighted by molar-refractivity contribution is 7.87. The van der Waals surface area contributed by atoms with E-state index in [1.54, 1.807) is 12.1 Å². The number of nitrogens with one attached hydrogen (secondary N) is 2. The summed E-state index contributed by atoms with van der Waals surface area (Å²) < 4.78 is 29.6. The molecule has 1 heterocycles. The van der Waals surface area contributed by atoms with Crippen LogP contribution in [0.2, 0.25) is 0 Å². The first-order chi connectivity index (χ1) is 10.5. The van der Waals surface area contributed by atoms with E-state index >= 15 is 0 Å². The van der Waals surface area contributed by atoms with Gasteiger partial charge in [-0.05, 0) is 30.3 Å². The summed E-state index contributed by atoms with van der Waals surface area (Å²) in [6.07, 6.45) is 0. The van der Waals surface area contributed by atoms with Crippen LogP contribution in [0.25, 0.3) is 11.0 Å². The number of aromatic amines is 2. The van der Waals surface area contributed by atoms with Gasteiger partial charge in [-0.1, -0.05) is 12.1 Å². The van der Waals surface area contributed by atoms with Crippen molar-refractivity contribution in [1.29, 1.82) is 5.26 Å². The van der Waals surface area contributed by atoms with Crippen molar-refractivity contribution in [2.45, 2.75) is 4.90 Å². The van der Waals surface area contributed by atoms with Gasteiger partial charge >= 0.3 is 15.8 Å². The first-order valence-electron chi connectivity index (χ1n) is 6.15. The van der Waals surface area contributed by atoms with E-state index in [9.17, 15) is 13.2 Å². The predicted molar refractivity (Wildman–Crippen MR) is 77.9 cm³/mol. The van der Waals surface area contributed by atoms with Crippen LogP contribution in [0.3, 0.4) is 0 Å². The van der Waals surface area contributed by atoms with Crippen LogP contribution in [0.5, 0.6) is 5.75 Å². The van der Waals surface area contributed by atoms with Crippen molar-refractivity contribution in [2.75, 3.05) is 0 Å². The summed E-state index contributed by atoms with van der Waals surface area (Å²) in [5, 5.41) is 8.96. The van der Waals surface area contributed by atoms with E-state index in [0.717, 1.165) is 0 Å². The van der Waals surface area contributed by atoms with Crippen molar-refractivity contribution in [3.8, 4) is 11.8 Å². The van der Waals surface area contributed by atoms with Crippen LogP contribution in [-0.2, 0) is 10.1 Å². The van der Waals surface area contributed by atoms with Crippen LogP contribution in [0.1, 0.15) is 5.56 Å². The number of hydrogen-bond donors (Lipinski definition) is 2. The molecule has 0 aliphatic rings. The first kappa shape index (κ1) is 13.9. The van der Waals surface area contributed by atoms with Gasteiger partial charge in [0.1, 0.15) is 11.0 Å². The van der Waals surface area contributed by atoms with Crippen LogP contribution >= 0.6 is 0 Å². The van der Waals surface area contributed by atoms with E-state index in [-0.39, 0.29) is 16.2 Å². The number of nitrogens with zero attached hydrogens (tertiary/aromatic N) is 1. The van der Waals surface area contributed by atoms with Crippen LogP contribution in [0, 0.1) is 11.3 Å². The molecule has 0 bridgehead atoms. The van der Waals surface area contributed by atoms with Crippen molar-refractivity contribution in [3.63, 3.8) is 0 Å². The molecule has 0 unspecified atom stereocenters. The monoisotopic (exact) mass is 315 g/mol. The standard InChI is InChI=1S/C14H9N3O4S/c15-8-9-3-1-2-4-13(9)21-22(19,20)10-5-6-11-12(7-10)17-14(18)16-11/h1-7H,(H2,16,17,18). The summed E-state index contributed by atoms with van der Waals surface area (Å²) in [5.74, 6) is -0.0485. The Bertz CT molecular complexity index is 1060. The van der Waals surface area contributed by atoms with Gasteiger partial charge in [0.15, 0.2) is 5.75 Å². The van der Waals surface area contributed by atoms with E-state index in [1.165, 1.54) is 30.3 Å². The van der Waals surface area contributed by atoms with Gasteiger partial charge in [-0.15, -0.1) is 0 Å². The van der Waals surface area contributed by atoms with Crippen LogP contribution in [0.15, 0.2) is 52.2 Å². The van der Waals surface area contributed by atoms with Crippen LogP contribution < -0.4 is 9.87 Å². The SMILES string of the molecule is N#Cc1ccccc1OS(=O)(=O)c1ccc2[nH]c(=O)[nH]c2c1. The molecule has 2 aromatic carbocycles. The summed E-state index contributed by atoms with van der Waals surface area (Å²) in [6.45, 7) is 0. The summed E-state index contributed by atoms with van der Waals surface area (Å²) in [4.78, 5) is 16.1. The average molecular weight is 315 g/mol. The summed E-state index contributed by atoms with van der Waals surface area (Å²) >= 11 is 0. The summed E-state index contributed by atoms with van der Waals surface area (Å²) in [6, 6.07) is 11.9. The van der Waals surface area contributed by atoms with Gasteiger partial charge in [-0.2, -0.15) is 13.7 Å². The quantitative estimate of drug-likeness (QED) is 0.710. The minimum Gasteiger partial charge on any atom is -0.378 e. The second-order valence-electron chi connectivity index (χ2n) is 4.43. The van der Waals surface area contributed by atoms with Gasteiger partial charge in [-0.3, -0.25) is 0 Å². The molecule has 22 heavy (non-hydrogen) atoms. The minimum atomic E-state index is -4.12. The van der Waals surface area contributed by atoms with Crippen molar-refractivity contribution in [2.24, 2.45) is 0 Å². The molecule has 0 fully saturated rings. The molecule has 0 atom stereocenters. The van der Waals surface area contributed by atoms with E-state index in [4.69, 9.17) is 9.44 Å². The first-order valence-corrected chi connectivity index (χ1v) is 7.56. The highest BCUT2D eigenvalue weighted by Gasteiger charge is 2.19. The van der Waals surface area contributed by atoms with E-state index in [2.05, 4.69) is 9.97 Å². The minimum absolute atomic E-state index is 0.0485. The smallest absolute Gasteiger partial charge is 0.339 e. The third kappa shape index (κ3) is 2.45. The van der Waals surface area contributed by atoms with Gasteiger partial charge in [0, 0.05) is 0 Å². The third-order valence-electron chi connectivity index (χ3n) is 2.98. The van der Waals surface area contributed by atoms with E-state index in [0.29, 0.717) is 11.0 Å². The van der Waals surface area contributed by atoms with Crippen molar-refractivity contribution in [1.82, 2.24) is 9.97 Å². The Balaban J connectivity index is 2.04. The largest absolute Gasteiger partial charge is 0.378 e. The summed E-state index contributed by atoms with van der Waals surface area (Å²) in [5.41, 5.74) is 0.520. The highest BCUT2D eigenvalue weighted by Crippen LogP contribution is 2.23. The molecule has 0 amide bonds. The Morgan fingerprint density at radius 1 is 1.05 bits per heavy atom. The fourth-order valence-electron chi connectivity index (χ4n) is 1.97. The molecule has 0 aliphatic heterocycles. The zero-order chi connectivity index (χ0) is 15.7. The second kappa shape index (κ2) is 5.05. The number of fused-ring (bicyclic) bond motifs is 1. The number of para-hydroxylation sites is 1. The molecule has 7 nitrogen and oxygen atoms in total. The maximum atomic E-state index is 12.3. The molecule has 1 aromatic heterocycles. The second-order valence-corrected chi connectivity index (χ2v) is 5.98. The van der Waals surface area contributed by atoms with Gasteiger partial charge < -0.3 is 14.2 Å². The number of hydrogen-bond acceptors (Lipinski definition) is 5. The lowest BCUT2D eigenvalue weighted by Crippen LogP contribution is -2.10. The Hall–Kier alpha value is -3.05. The molecular weight excluding hydrogens is 306 g/mol. The highest BCUT2D eigenvalue weighted by atomic mass is 32.2. The van der Waals surface area contributed by atoms with E-state index < -0.39 is 15.8 Å². The number of benzene rings is 2. The number of H-pyrrole nitrogens is 2. The lowest BCUT2D eigenvalue weighted by molar-refractivity contribution is 0.485. The number of rotatable bonds is 3. The maximum Gasteiger partial charge on any atom is 0.339 e. The van der Waals surface area contributed by atoms with Crippen LogP contribution in [-0.4, -0.2) is 18.4 Å². The third-order valence-corrected chi connectivity index (χ3v) is 4.21. The molecule has 0 radical (unpaired) electrons. The molecule has 0 spiro atoms. The molecule has 2 N–H and O–H groups in total. The fourth-order valence-corrected chi connectivity index (χ4v) is 2.94. The van der Waals surface area contributed by atoms with E-state index in [1.807, 2.05) is 6.07 Å². The Kier molecular flexibility index (Phi) is 3.19. The zero-order valence-corrected chi connectivity index (χ0v) is 11.8. The molecular formula is C14H9N3O4S. The molecule has 0 aliphatic carbocycles. The average Bonchev–Trinajstić information content (AvgIpc) is 2.86. The van der Waals surface area contributed by atoms with Gasteiger partial charge in [0.2, 0.25) is 0 Å². The number of imidazole rings is 1. The predicted octanol–water partition coefficient (Wildman–Crippen LogP) is 1.50. The zero-order valence-electron chi connectivity index (χ0n) is 11.0. The fraction of sp³-hybridized carbons (Fsp3) is 0. The molecule has 3 aromatic rings. The molecule has 0 saturated heterocycles. The Morgan fingerprint density at radius 2 is 1.77 bits per heavy atom. The lowest BCUT2D eigenvalue weighted by Gasteiger charge is -2.08. The van der Waals surface area contributed by atoms with Gasteiger partial charge in [0.05, 0.1) is 16.6 Å². The van der Waals surface area contributed by atoms with Crippen molar-refractivity contribution in [3.05, 3.63) is 58.5 Å². The lowest BCUT2D eigenvalue weighted by atomic mass is 10.2. The van der Waals surface area contributed by atoms with Gasteiger partial charge in [0.25, 0.3) is 0 Å². The molecule has 3 rings (SSSR count). The Labute approximate surface area is 124 Å². The van der Waals surface area contributed by atoms with Crippen molar-refractivity contribution < 1.29 is 12.6 Å². The van der Waals surface area contributed by atoms with Crippen molar-refractivity contribution >= 4 is 21.2 Å². The maximum absolute atomic E-state index is 12.3. The number of nitriles is 1. The normalized spacial score (nSPS) is 11.2. The van der Waals surface area contributed by atoms with Crippen LogP contribution in [0.4, 0.5) is 0 Å². The molecule has 0 saturated carbocycles. The molecule has 110 valence electrons. The molecule has 8 heteroatoms. The topological polar surface area (TPSA) is 116 Å². The summed E-state index contributed by atoms with van der Waals surface area (Å²) in [7, 11) is -4.12.